The Kier molecular flexibility index (Phi) is 7.31. The zero-order valence-electron chi connectivity index (χ0n) is 18.9. The summed E-state index contributed by atoms with van der Waals surface area (Å²) in [5.74, 6) is -3.08. The fraction of sp³-hybridized carbons (Fsp3) is 0.292. The Morgan fingerprint density at radius 3 is 2.30 bits per heavy atom. The molecular formula is C24H22O13. The summed E-state index contributed by atoms with van der Waals surface area (Å²) in [6.45, 7) is -0.671. The lowest BCUT2D eigenvalue weighted by molar-refractivity contribution is -0.278. The Morgan fingerprint density at radius 1 is 0.919 bits per heavy atom. The summed E-state index contributed by atoms with van der Waals surface area (Å²) in [6.07, 6.45) is -9.47. The Hall–Kier alpha value is -4.17. The van der Waals surface area contributed by atoms with Crippen molar-refractivity contribution < 1.29 is 58.9 Å². The predicted molar refractivity (Wildman–Crippen MR) is 122 cm³/mol. The maximum atomic E-state index is 13.0. The van der Waals surface area contributed by atoms with Gasteiger partial charge in [-0.25, -0.2) is 0 Å². The molecular weight excluding hydrogens is 496 g/mol. The third-order valence-corrected chi connectivity index (χ3v) is 5.55. The first-order valence-electron chi connectivity index (χ1n) is 10.9. The number of carboxylic acid groups (broad SMARTS) is 1. The summed E-state index contributed by atoms with van der Waals surface area (Å²) < 4.78 is 21.5. The molecule has 1 aliphatic heterocycles. The summed E-state index contributed by atoms with van der Waals surface area (Å²) in [7, 11) is 0. The summed E-state index contributed by atoms with van der Waals surface area (Å²) in [5.41, 5.74) is -0.217. The van der Waals surface area contributed by atoms with Gasteiger partial charge >= 0.3 is 11.9 Å². The molecule has 5 unspecified atom stereocenters. The average molecular weight is 518 g/mol. The number of carbonyl (C=O) groups is 2. The molecule has 1 fully saturated rings. The SMILES string of the molecule is O=C(O)CC(=O)OCC1OC(Oc2cc(O)cc3oc(-c4ccc(O)cc4)cc(=O)c23)C(O)C(O)C1O. The van der Waals surface area contributed by atoms with Crippen LogP contribution in [0.4, 0.5) is 0 Å². The topological polar surface area (TPSA) is 213 Å². The molecule has 1 saturated heterocycles. The number of esters is 1. The van der Waals surface area contributed by atoms with Gasteiger partial charge in [0.15, 0.2) is 5.43 Å². The van der Waals surface area contributed by atoms with Crippen LogP contribution in [0.3, 0.4) is 0 Å². The molecule has 6 N–H and O–H groups in total. The molecule has 1 aliphatic rings. The number of benzene rings is 2. The van der Waals surface area contributed by atoms with E-state index < -0.39 is 61.1 Å². The van der Waals surface area contributed by atoms with Crippen LogP contribution in [0.1, 0.15) is 6.42 Å². The van der Waals surface area contributed by atoms with E-state index in [1.54, 1.807) is 0 Å². The lowest BCUT2D eigenvalue weighted by atomic mass is 9.99. The van der Waals surface area contributed by atoms with E-state index in [0.29, 0.717) is 5.56 Å². The largest absolute Gasteiger partial charge is 0.508 e. The van der Waals surface area contributed by atoms with Gasteiger partial charge in [-0.1, -0.05) is 0 Å². The predicted octanol–water partition coefficient (Wildman–Crippen LogP) is 0.0755. The highest BCUT2D eigenvalue weighted by Gasteiger charge is 2.45. The zero-order valence-corrected chi connectivity index (χ0v) is 18.9. The van der Waals surface area contributed by atoms with Crippen LogP contribution in [0, 0.1) is 0 Å². The van der Waals surface area contributed by atoms with Crippen molar-refractivity contribution in [1.29, 1.82) is 0 Å². The number of carboxylic acids is 1. The first kappa shape index (κ1) is 25.9. The number of aromatic hydroxyl groups is 2. The van der Waals surface area contributed by atoms with Crippen LogP contribution >= 0.6 is 0 Å². The first-order valence-corrected chi connectivity index (χ1v) is 10.9. The molecule has 5 atom stereocenters. The summed E-state index contributed by atoms with van der Waals surface area (Å²) in [5, 5.41) is 59.0. The Labute approximate surface area is 207 Å². The highest BCUT2D eigenvalue weighted by Crippen LogP contribution is 2.34. The highest BCUT2D eigenvalue weighted by atomic mass is 16.7. The van der Waals surface area contributed by atoms with Crippen molar-refractivity contribution in [3.05, 3.63) is 52.7 Å². The van der Waals surface area contributed by atoms with Gasteiger partial charge in [-0.2, -0.15) is 0 Å². The Morgan fingerprint density at radius 2 is 1.62 bits per heavy atom. The van der Waals surface area contributed by atoms with E-state index in [0.717, 1.165) is 18.2 Å². The average Bonchev–Trinajstić information content (AvgIpc) is 2.83. The van der Waals surface area contributed by atoms with E-state index in [2.05, 4.69) is 0 Å². The number of phenolic OH excluding ortho intramolecular Hbond substituents is 2. The number of ether oxygens (including phenoxy) is 3. The van der Waals surface area contributed by atoms with Gasteiger partial charge in [0.2, 0.25) is 6.29 Å². The number of rotatable bonds is 7. The molecule has 0 radical (unpaired) electrons. The molecule has 3 aromatic rings. The molecule has 196 valence electrons. The number of aliphatic hydroxyl groups is 3. The van der Waals surface area contributed by atoms with E-state index in [1.807, 2.05) is 0 Å². The maximum absolute atomic E-state index is 13.0. The smallest absolute Gasteiger partial charge is 0.317 e. The lowest BCUT2D eigenvalue weighted by Crippen LogP contribution is -2.60. The molecule has 1 aromatic heterocycles. The minimum absolute atomic E-state index is 0.00789. The van der Waals surface area contributed by atoms with Crippen LogP contribution in [-0.4, -0.2) is 79.9 Å². The van der Waals surface area contributed by atoms with E-state index in [9.17, 15) is 39.9 Å². The summed E-state index contributed by atoms with van der Waals surface area (Å²) in [6, 6.07) is 9.19. The van der Waals surface area contributed by atoms with Crippen LogP contribution in [0.5, 0.6) is 17.2 Å². The second kappa shape index (κ2) is 10.4. The third kappa shape index (κ3) is 5.65. The number of carbonyl (C=O) groups excluding carboxylic acids is 1. The fourth-order valence-corrected chi connectivity index (χ4v) is 3.73. The van der Waals surface area contributed by atoms with Gasteiger partial charge in [0.05, 0.1) is 0 Å². The molecule has 13 nitrogen and oxygen atoms in total. The van der Waals surface area contributed by atoms with Gasteiger partial charge in [-0.15, -0.1) is 0 Å². The van der Waals surface area contributed by atoms with E-state index >= 15 is 0 Å². The highest BCUT2D eigenvalue weighted by molar-refractivity contribution is 5.90. The van der Waals surface area contributed by atoms with Crippen molar-refractivity contribution in [3.8, 4) is 28.6 Å². The molecule has 2 heterocycles. The number of aliphatic hydroxyl groups excluding tert-OH is 3. The van der Waals surface area contributed by atoms with Gasteiger partial charge in [-0.05, 0) is 24.3 Å². The van der Waals surface area contributed by atoms with Crippen LogP contribution in [0.15, 0.2) is 51.7 Å². The quantitative estimate of drug-likeness (QED) is 0.181. The van der Waals surface area contributed by atoms with Crippen molar-refractivity contribution >= 4 is 22.9 Å². The second-order valence-electron chi connectivity index (χ2n) is 8.22. The molecule has 0 saturated carbocycles. The lowest BCUT2D eigenvalue weighted by Gasteiger charge is -2.39. The molecule has 0 aliphatic carbocycles. The number of fused-ring (bicyclic) bond motifs is 1. The normalized spacial score (nSPS) is 23.5. The van der Waals surface area contributed by atoms with Crippen molar-refractivity contribution in [2.45, 2.75) is 37.1 Å². The number of aliphatic carboxylic acids is 1. The minimum Gasteiger partial charge on any atom is -0.508 e. The monoisotopic (exact) mass is 518 g/mol. The summed E-state index contributed by atoms with van der Waals surface area (Å²) in [4.78, 5) is 35.1. The van der Waals surface area contributed by atoms with Crippen LogP contribution in [0.2, 0.25) is 0 Å². The second-order valence-corrected chi connectivity index (χ2v) is 8.22. The number of hydrogen-bond donors (Lipinski definition) is 6. The van der Waals surface area contributed by atoms with Crippen molar-refractivity contribution in [2.24, 2.45) is 0 Å². The van der Waals surface area contributed by atoms with Crippen LogP contribution in [-0.2, 0) is 19.1 Å². The van der Waals surface area contributed by atoms with Gasteiger partial charge in [0.1, 0.15) is 71.4 Å². The van der Waals surface area contributed by atoms with E-state index in [-0.39, 0.29) is 34.0 Å². The van der Waals surface area contributed by atoms with Gasteiger partial charge in [0.25, 0.3) is 0 Å². The number of phenols is 2. The van der Waals surface area contributed by atoms with Gasteiger partial charge < -0.3 is 49.3 Å². The standard InChI is InChI=1S/C24H22O13/c25-11-3-1-10(2-4-11)14-7-13(27)20-15(35-14)5-12(26)6-16(20)36-24-23(33)22(32)21(31)17(37-24)9-34-19(30)8-18(28)29/h1-7,17,21-26,31-33H,8-9H2,(H,28,29). The maximum Gasteiger partial charge on any atom is 0.317 e. The fourth-order valence-electron chi connectivity index (χ4n) is 3.73. The molecule has 0 amide bonds. The molecule has 13 heteroatoms. The summed E-state index contributed by atoms with van der Waals surface area (Å²) >= 11 is 0. The molecule has 37 heavy (non-hydrogen) atoms. The van der Waals surface area contributed by atoms with Crippen molar-refractivity contribution in [3.63, 3.8) is 0 Å². The van der Waals surface area contributed by atoms with Crippen molar-refractivity contribution in [1.82, 2.24) is 0 Å². The molecule has 4 rings (SSSR count). The first-order chi connectivity index (χ1) is 17.5. The van der Waals surface area contributed by atoms with E-state index in [4.69, 9.17) is 23.7 Å². The molecule has 2 aromatic carbocycles. The van der Waals surface area contributed by atoms with Crippen molar-refractivity contribution in [2.75, 3.05) is 6.61 Å². The number of hydrogen-bond acceptors (Lipinski definition) is 12. The van der Waals surface area contributed by atoms with E-state index in [1.165, 1.54) is 24.3 Å². The van der Waals surface area contributed by atoms with Crippen LogP contribution in [0.25, 0.3) is 22.3 Å². The molecule has 0 bridgehead atoms. The van der Waals surface area contributed by atoms with Crippen LogP contribution < -0.4 is 10.2 Å². The Bertz CT molecular complexity index is 1360. The van der Waals surface area contributed by atoms with Gasteiger partial charge in [0, 0.05) is 23.8 Å². The Balaban J connectivity index is 1.62. The molecule has 0 spiro atoms. The minimum atomic E-state index is -1.83. The third-order valence-electron chi connectivity index (χ3n) is 5.55. The van der Waals surface area contributed by atoms with Gasteiger partial charge in [-0.3, -0.25) is 14.4 Å². The zero-order chi connectivity index (χ0) is 26.9.